The predicted molar refractivity (Wildman–Crippen MR) is 74.8 cm³/mol. The van der Waals surface area contributed by atoms with Gasteiger partial charge in [0.05, 0.1) is 0 Å². The highest BCUT2D eigenvalue weighted by Crippen LogP contribution is 2.09. The quantitative estimate of drug-likeness (QED) is 0.622. The van der Waals surface area contributed by atoms with E-state index in [0.717, 1.165) is 0 Å². The molecule has 1 N–H and O–H groups in total. The van der Waals surface area contributed by atoms with Gasteiger partial charge in [0.25, 0.3) is 0 Å². The number of aromatic amines is 1. The maximum atomic E-state index is 3.63. The molecule has 0 aliphatic rings. The summed E-state index contributed by atoms with van der Waals surface area (Å²) in [4.78, 5) is 3.12. The van der Waals surface area contributed by atoms with Gasteiger partial charge in [-0.15, -0.1) is 0 Å². The fourth-order valence-electron chi connectivity index (χ4n) is 1.58. The average molecular weight is 221 g/mol. The average Bonchev–Trinajstić information content (AvgIpc) is 2.89. The molecule has 0 spiro atoms. The van der Waals surface area contributed by atoms with Gasteiger partial charge in [-0.25, -0.2) is 0 Å². The molecule has 1 heteroatoms. The first-order valence-corrected chi connectivity index (χ1v) is 5.60. The lowest BCUT2D eigenvalue weighted by molar-refractivity contribution is 1.48. The van der Waals surface area contributed by atoms with Crippen LogP contribution in [0.25, 0.3) is 17.0 Å². The molecule has 17 heavy (non-hydrogen) atoms. The van der Waals surface area contributed by atoms with E-state index in [9.17, 15) is 0 Å². The number of para-hydroxylation sites is 1. The van der Waals surface area contributed by atoms with Crippen molar-refractivity contribution in [1.82, 2.24) is 4.98 Å². The van der Waals surface area contributed by atoms with Gasteiger partial charge in [-0.1, -0.05) is 61.2 Å². The molecule has 0 amide bonds. The van der Waals surface area contributed by atoms with E-state index in [4.69, 9.17) is 0 Å². The molecule has 0 saturated carbocycles. The number of fused-ring (bicyclic) bond motifs is 1. The molecule has 2 aromatic carbocycles. The van der Waals surface area contributed by atoms with Gasteiger partial charge < -0.3 is 4.98 Å². The van der Waals surface area contributed by atoms with Crippen molar-refractivity contribution in [2.24, 2.45) is 0 Å². The molecule has 0 saturated heterocycles. The summed E-state index contributed by atoms with van der Waals surface area (Å²) in [7, 11) is 0. The molecule has 3 rings (SSSR count). The minimum atomic E-state index is 1.17. The van der Waals surface area contributed by atoms with E-state index in [1.165, 1.54) is 16.5 Å². The lowest BCUT2D eigenvalue weighted by atomic mass is 10.2. The third-order valence-electron chi connectivity index (χ3n) is 2.50. The molecule has 0 aliphatic heterocycles. The largest absolute Gasteiger partial charge is 0.361 e. The molecule has 84 valence electrons. The SMILES string of the molecule is C=Cc1ccccc1.c1ccc2[nH]ccc2c1. The maximum absolute atomic E-state index is 3.63. The zero-order valence-electron chi connectivity index (χ0n) is 9.64. The van der Waals surface area contributed by atoms with Gasteiger partial charge >= 0.3 is 0 Å². The predicted octanol–water partition coefficient (Wildman–Crippen LogP) is 4.50. The van der Waals surface area contributed by atoms with Crippen LogP contribution in [-0.4, -0.2) is 4.98 Å². The Morgan fingerprint density at radius 3 is 2.18 bits per heavy atom. The molecule has 3 aromatic rings. The van der Waals surface area contributed by atoms with E-state index in [2.05, 4.69) is 29.8 Å². The van der Waals surface area contributed by atoms with Crippen LogP contribution in [0.15, 0.2) is 73.4 Å². The normalized spacial score (nSPS) is 9.41. The van der Waals surface area contributed by atoms with Gasteiger partial charge in [-0.2, -0.15) is 0 Å². The van der Waals surface area contributed by atoms with Gasteiger partial charge in [0, 0.05) is 11.7 Å². The second kappa shape index (κ2) is 5.71. The number of H-pyrrole nitrogens is 1. The highest BCUT2D eigenvalue weighted by Gasteiger charge is 1.86. The van der Waals surface area contributed by atoms with Crippen LogP contribution in [0.5, 0.6) is 0 Å². The van der Waals surface area contributed by atoms with Crippen LogP contribution in [-0.2, 0) is 0 Å². The Hall–Kier alpha value is -2.28. The van der Waals surface area contributed by atoms with E-state index < -0.39 is 0 Å². The molecule has 0 radical (unpaired) electrons. The maximum Gasteiger partial charge on any atom is 0.0453 e. The monoisotopic (exact) mass is 221 g/mol. The smallest absolute Gasteiger partial charge is 0.0453 e. The summed E-state index contributed by atoms with van der Waals surface area (Å²) in [5.74, 6) is 0. The number of benzene rings is 2. The lowest BCUT2D eigenvalue weighted by Crippen LogP contribution is -1.63. The molecule has 1 aromatic heterocycles. The van der Waals surface area contributed by atoms with Gasteiger partial charge in [-0.3, -0.25) is 0 Å². The fourth-order valence-corrected chi connectivity index (χ4v) is 1.58. The third kappa shape index (κ3) is 3.08. The summed E-state index contributed by atoms with van der Waals surface area (Å²) in [5, 5.41) is 1.28. The summed E-state index contributed by atoms with van der Waals surface area (Å²) >= 11 is 0. The van der Waals surface area contributed by atoms with Gasteiger partial charge in [0.2, 0.25) is 0 Å². The Bertz CT molecular complexity index is 548. The van der Waals surface area contributed by atoms with Crippen molar-refractivity contribution in [3.05, 3.63) is 79.0 Å². The number of nitrogens with one attached hydrogen (secondary N) is 1. The first kappa shape index (κ1) is 11.2. The minimum absolute atomic E-state index is 1.17. The van der Waals surface area contributed by atoms with Gasteiger partial charge in [-0.05, 0) is 23.1 Å². The fraction of sp³-hybridized carbons (Fsp3) is 0. The van der Waals surface area contributed by atoms with Crippen molar-refractivity contribution in [1.29, 1.82) is 0 Å². The van der Waals surface area contributed by atoms with Crippen molar-refractivity contribution in [2.75, 3.05) is 0 Å². The molecule has 1 nitrogen and oxygen atoms in total. The van der Waals surface area contributed by atoms with Crippen LogP contribution in [0.3, 0.4) is 0 Å². The Morgan fingerprint density at radius 2 is 1.53 bits per heavy atom. The van der Waals surface area contributed by atoms with Crippen molar-refractivity contribution in [2.45, 2.75) is 0 Å². The first-order chi connectivity index (χ1) is 8.40. The van der Waals surface area contributed by atoms with E-state index in [1.807, 2.05) is 54.7 Å². The molecular formula is C16H15N. The van der Waals surface area contributed by atoms with E-state index in [0.29, 0.717) is 0 Å². The zero-order valence-corrected chi connectivity index (χ0v) is 9.64. The van der Waals surface area contributed by atoms with Crippen LogP contribution in [0.4, 0.5) is 0 Å². The summed E-state index contributed by atoms with van der Waals surface area (Å²) in [6.45, 7) is 3.63. The van der Waals surface area contributed by atoms with Crippen LogP contribution in [0, 0.1) is 0 Å². The second-order valence-corrected chi connectivity index (χ2v) is 3.68. The van der Waals surface area contributed by atoms with Crippen molar-refractivity contribution < 1.29 is 0 Å². The topological polar surface area (TPSA) is 15.8 Å². The third-order valence-corrected chi connectivity index (χ3v) is 2.50. The van der Waals surface area contributed by atoms with Crippen LogP contribution in [0.2, 0.25) is 0 Å². The van der Waals surface area contributed by atoms with Gasteiger partial charge in [0.1, 0.15) is 0 Å². The summed E-state index contributed by atoms with van der Waals surface area (Å²) < 4.78 is 0. The summed E-state index contributed by atoms with van der Waals surface area (Å²) in [6.07, 6.45) is 3.78. The van der Waals surface area contributed by atoms with Crippen molar-refractivity contribution in [3.8, 4) is 0 Å². The first-order valence-electron chi connectivity index (χ1n) is 5.60. The van der Waals surface area contributed by atoms with Crippen LogP contribution >= 0.6 is 0 Å². The zero-order chi connectivity index (χ0) is 11.9. The van der Waals surface area contributed by atoms with E-state index >= 15 is 0 Å². The number of hydrogen-bond acceptors (Lipinski definition) is 0. The highest BCUT2D eigenvalue weighted by atomic mass is 14.6. The minimum Gasteiger partial charge on any atom is -0.361 e. The van der Waals surface area contributed by atoms with Crippen molar-refractivity contribution >= 4 is 17.0 Å². The van der Waals surface area contributed by atoms with Crippen molar-refractivity contribution in [3.63, 3.8) is 0 Å². The molecule has 0 unspecified atom stereocenters. The molecule has 0 bridgehead atoms. The molecule has 0 fully saturated rings. The summed E-state index contributed by atoms with van der Waals surface area (Å²) in [6, 6.07) is 20.3. The lowest BCUT2D eigenvalue weighted by Gasteiger charge is -1.85. The summed E-state index contributed by atoms with van der Waals surface area (Å²) in [5.41, 5.74) is 2.38. The number of hydrogen-bond donors (Lipinski definition) is 1. The number of rotatable bonds is 1. The van der Waals surface area contributed by atoms with E-state index in [-0.39, 0.29) is 0 Å². The van der Waals surface area contributed by atoms with E-state index in [1.54, 1.807) is 0 Å². The molecular weight excluding hydrogens is 206 g/mol. The van der Waals surface area contributed by atoms with Gasteiger partial charge in [0.15, 0.2) is 0 Å². The Labute approximate surface area is 101 Å². The standard InChI is InChI=1S/C8H7N.C8H8/c1-2-4-8-7(3-1)5-6-9-8;1-2-8-6-4-3-5-7-8/h1-6,9H;2-7H,1H2. The Kier molecular flexibility index (Phi) is 3.77. The van der Waals surface area contributed by atoms with Crippen LogP contribution in [0.1, 0.15) is 5.56 Å². The molecule has 0 atom stereocenters. The molecule has 1 heterocycles. The second-order valence-electron chi connectivity index (χ2n) is 3.68. The molecule has 0 aliphatic carbocycles. The highest BCUT2D eigenvalue weighted by molar-refractivity contribution is 5.78. The number of aromatic nitrogens is 1. The Balaban J connectivity index is 0.000000128. The van der Waals surface area contributed by atoms with Crippen LogP contribution < -0.4 is 0 Å². The Morgan fingerprint density at radius 1 is 0.824 bits per heavy atom.